The van der Waals surface area contributed by atoms with Gasteiger partial charge in [-0.05, 0) is 24.3 Å². The highest BCUT2D eigenvalue weighted by molar-refractivity contribution is 6.13. The van der Waals surface area contributed by atoms with Crippen LogP contribution in [0.4, 0.5) is 24.5 Å². The topological polar surface area (TPSA) is 79.7 Å². The quantitative estimate of drug-likeness (QED) is 0.360. The SMILES string of the molecule is C[NH+](CC(=O)Nc1ccccc1C(=O)c1ccccc1)CC(=O)Nc1ccc(F)c(F)c1F. The number of rotatable bonds is 8. The number of ketones is 1. The average molecular weight is 456 g/mol. The van der Waals surface area contributed by atoms with Crippen LogP contribution in [0.2, 0.25) is 0 Å². The predicted octanol–water partition coefficient (Wildman–Crippen LogP) is 2.43. The van der Waals surface area contributed by atoms with Gasteiger partial charge in [0.2, 0.25) is 0 Å². The average Bonchev–Trinajstić information content (AvgIpc) is 2.79. The van der Waals surface area contributed by atoms with Crippen molar-refractivity contribution in [2.75, 3.05) is 30.8 Å². The van der Waals surface area contributed by atoms with Gasteiger partial charge in [-0.2, -0.15) is 0 Å². The number of quaternary nitrogens is 1. The predicted molar refractivity (Wildman–Crippen MR) is 117 cm³/mol. The van der Waals surface area contributed by atoms with E-state index in [1.807, 2.05) is 0 Å². The Labute approximate surface area is 188 Å². The number of nitrogens with one attached hydrogen (secondary N) is 3. The fraction of sp³-hybridized carbons (Fsp3) is 0.125. The number of carbonyl (C=O) groups excluding carboxylic acids is 3. The normalized spacial score (nSPS) is 11.5. The minimum absolute atomic E-state index is 0.137. The van der Waals surface area contributed by atoms with Crippen molar-refractivity contribution < 1.29 is 32.5 Å². The van der Waals surface area contributed by atoms with Gasteiger partial charge in [-0.3, -0.25) is 14.4 Å². The van der Waals surface area contributed by atoms with E-state index >= 15 is 0 Å². The molecule has 0 radical (unpaired) electrons. The minimum atomic E-state index is -1.68. The Morgan fingerprint density at radius 2 is 1.30 bits per heavy atom. The lowest BCUT2D eigenvalue weighted by atomic mass is 10.0. The summed E-state index contributed by atoms with van der Waals surface area (Å²) >= 11 is 0. The number of hydrogen-bond acceptors (Lipinski definition) is 3. The van der Waals surface area contributed by atoms with Gasteiger partial charge in [0.25, 0.3) is 11.8 Å². The van der Waals surface area contributed by atoms with E-state index in [0.717, 1.165) is 6.07 Å². The van der Waals surface area contributed by atoms with E-state index in [2.05, 4.69) is 10.6 Å². The van der Waals surface area contributed by atoms with E-state index in [1.165, 1.54) is 0 Å². The molecule has 0 fully saturated rings. The molecule has 1 atom stereocenters. The van der Waals surface area contributed by atoms with Crippen LogP contribution in [0, 0.1) is 17.5 Å². The summed E-state index contributed by atoms with van der Waals surface area (Å²) in [6, 6.07) is 16.8. The molecule has 0 aliphatic heterocycles. The molecule has 0 saturated carbocycles. The number of amides is 2. The van der Waals surface area contributed by atoms with Crippen molar-refractivity contribution in [2.45, 2.75) is 0 Å². The minimum Gasteiger partial charge on any atom is -0.322 e. The van der Waals surface area contributed by atoms with E-state index in [1.54, 1.807) is 61.6 Å². The largest absolute Gasteiger partial charge is 0.322 e. The zero-order chi connectivity index (χ0) is 24.0. The van der Waals surface area contributed by atoms with Crippen LogP contribution in [-0.4, -0.2) is 37.7 Å². The number of hydrogen-bond donors (Lipinski definition) is 3. The third-order valence-electron chi connectivity index (χ3n) is 4.72. The number of anilines is 2. The molecule has 0 aromatic heterocycles. The summed E-state index contributed by atoms with van der Waals surface area (Å²) in [5.74, 6) is -5.94. The van der Waals surface area contributed by atoms with Crippen LogP contribution >= 0.6 is 0 Å². The lowest BCUT2D eigenvalue weighted by Gasteiger charge is -2.15. The molecule has 6 nitrogen and oxygen atoms in total. The van der Waals surface area contributed by atoms with Gasteiger partial charge in [0.1, 0.15) is 0 Å². The van der Waals surface area contributed by atoms with Crippen LogP contribution in [0.3, 0.4) is 0 Å². The van der Waals surface area contributed by atoms with Crippen molar-refractivity contribution in [2.24, 2.45) is 0 Å². The molecule has 2 amide bonds. The Balaban J connectivity index is 1.59. The van der Waals surface area contributed by atoms with Crippen LogP contribution in [-0.2, 0) is 9.59 Å². The van der Waals surface area contributed by atoms with Crippen LogP contribution in [0.5, 0.6) is 0 Å². The van der Waals surface area contributed by atoms with Crippen LogP contribution in [0.25, 0.3) is 0 Å². The Bertz CT molecular complexity index is 1190. The zero-order valence-electron chi connectivity index (χ0n) is 17.6. The van der Waals surface area contributed by atoms with Crippen molar-refractivity contribution in [3.63, 3.8) is 0 Å². The summed E-state index contributed by atoms with van der Waals surface area (Å²) in [5, 5.41) is 4.83. The van der Waals surface area contributed by atoms with E-state index in [-0.39, 0.29) is 18.9 Å². The smallest absolute Gasteiger partial charge is 0.279 e. The number of carbonyl (C=O) groups is 3. The van der Waals surface area contributed by atoms with Crippen molar-refractivity contribution in [1.29, 1.82) is 0 Å². The molecule has 3 rings (SSSR count). The zero-order valence-corrected chi connectivity index (χ0v) is 17.6. The number of benzene rings is 3. The highest BCUT2D eigenvalue weighted by atomic mass is 19.2. The summed E-state index contributed by atoms with van der Waals surface area (Å²) in [6.07, 6.45) is 0. The van der Waals surface area contributed by atoms with Gasteiger partial charge in [0.15, 0.2) is 36.3 Å². The molecule has 9 heteroatoms. The maximum absolute atomic E-state index is 13.7. The summed E-state index contributed by atoms with van der Waals surface area (Å²) in [4.78, 5) is 37.8. The second kappa shape index (κ2) is 10.6. The lowest BCUT2D eigenvalue weighted by Crippen LogP contribution is -3.11. The van der Waals surface area contributed by atoms with Crippen molar-refractivity contribution in [3.8, 4) is 0 Å². The van der Waals surface area contributed by atoms with Crippen LogP contribution in [0.1, 0.15) is 15.9 Å². The molecule has 3 aromatic rings. The van der Waals surface area contributed by atoms with Crippen LogP contribution < -0.4 is 15.5 Å². The first kappa shape index (κ1) is 23.7. The first-order valence-electron chi connectivity index (χ1n) is 9.99. The van der Waals surface area contributed by atoms with Gasteiger partial charge in [-0.1, -0.05) is 42.5 Å². The van der Waals surface area contributed by atoms with Crippen molar-refractivity contribution in [1.82, 2.24) is 0 Å². The molecule has 0 saturated heterocycles. The van der Waals surface area contributed by atoms with Gasteiger partial charge in [0, 0.05) is 11.1 Å². The van der Waals surface area contributed by atoms with Gasteiger partial charge in [-0.15, -0.1) is 0 Å². The monoisotopic (exact) mass is 456 g/mol. The second-order valence-corrected chi connectivity index (χ2v) is 7.37. The summed E-state index contributed by atoms with van der Waals surface area (Å²) in [6.45, 7) is -0.377. The summed E-state index contributed by atoms with van der Waals surface area (Å²) < 4.78 is 40.0. The van der Waals surface area contributed by atoms with E-state index < -0.39 is 35.0 Å². The maximum Gasteiger partial charge on any atom is 0.279 e. The molecule has 0 heterocycles. The van der Waals surface area contributed by atoms with Gasteiger partial charge >= 0.3 is 0 Å². The number of halogens is 3. The third kappa shape index (κ3) is 6.05. The Morgan fingerprint density at radius 1 is 0.727 bits per heavy atom. The first-order valence-corrected chi connectivity index (χ1v) is 9.99. The van der Waals surface area contributed by atoms with E-state index in [4.69, 9.17) is 0 Å². The molecule has 0 aliphatic rings. The fourth-order valence-electron chi connectivity index (χ4n) is 3.16. The number of para-hydroxylation sites is 1. The van der Waals surface area contributed by atoms with E-state index in [9.17, 15) is 27.6 Å². The Kier molecular flexibility index (Phi) is 7.57. The lowest BCUT2D eigenvalue weighted by molar-refractivity contribution is -0.862. The summed E-state index contributed by atoms with van der Waals surface area (Å²) in [7, 11) is 1.56. The molecular formula is C24H21F3N3O3+. The molecular weight excluding hydrogens is 435 g/mol. The second-order valence-electron chi connectivity index (χ2n) is 7.37. The standard InChI is InChI=1S/C24H20F3N3O3/c1-30(14-21(32)29-19-12-11-17(25)22(26)23(19)27)13-20(31)28-18-10-6-5-9-16(18)24(33)15-7-3-2-4-8-15/h2-12H,13-14H2,1H3,(H,28,31)(H,29,32)/p+1. The van der Waals surface area contributed by atoms with E-state index in [0.29, 0.717) is 27.8 Å². The highest BCUT2D eigenvalue weighted by Crippen LogP contribution is 2.20. The first-order chi connectivity index (χ1) is 15.8. The maximum atomic E-state index is 13.7. The van der Waals surface area contributed by atoms with Crippen molar-refractivity contribution in [3.05, 3.63) is 95.3 Å². The summed E-state index contributed by atoms with van der Waals surface area (Å²) in [5.41, 5.74) is 0.631. The molecule has 3 N–H and O–H groups in total. The van der Waals surface area contributed by atoms with Gasteiger partial charge in [0.05, 0.1) is 18.4 Å². The molecule has 0 spiro atoms. The molecule has 1 unspecified atom stereocenters. The number of likely N-dealkylation sites (N-methyl/N-ethyl adjacent to an activating group) is 1. The molecule has 170 valence electrons. The van der Waals surface area contributed by atoms with Crippen molar-refractivity contribution >= 4 is 29.0 Å². The van der Waals surface area contributed by atoms with Gasteiger partial charge < -0.3 is 15.5 Å². The molecule has 3 aromatic carbocycles. The highest BCUT2D eigenvalue weighted by Gasteiger charge is 2.20. The third-order valence-corrected chi connectivity index (χ3v) is 4.72. The van der Waals surface area contributed by atoms with Gasteiger partial charge in [-0.25, -0.2) is 13.2 Å². The molecule has 0 aliphatic carbocycles. The molecule has 0 bridgehead atoms. The molecule has 33 heavy (non-hydrogen) atoms. The fourth-order valence-corrected chi connectivity index (χ4v) is 3.16. The van der Waals surface area contributed by atoms with Crippen LogP contribution in [0.15, 0.2) is 66.7 Å². The Morgan fingerprint density at radius 3 is 1.97 bits per heavy atom. The Hall–Kier alpha value is -3.98.